The summed E-state index contributed by atoms with van der Waals surface area (Å²) >= 11 is 0. The van der Waals surface area contributed by atoms with Crippen LogP contribution in [0.5, 0.6) is 0 Å². The summed E-state index contributed by atoms with van der Waals surface area (Å²) in [6.45, 7) is 4.93. The van der Waals surface area contributed by atoms with Gasteiger partial charge in [0.25, 0.3) is 5.91 Å². The highest BCUT2D eigenvalue weighted by Gasteiger charge is 2.35. The van der Waals surface area contributed by atoms with Gasteiger partial charge in [-0.15, -0.1) is 0 Å². The maximum Gasteiger partial charge on any atom is 0.257 e. The summed E-state index contributed by atoms with van der Waals surface area (Å²) in [4.78, 5) is 14.6. The first-order chi connectivity index (χ1) is 9.24. The third-order valence-electron chi connectivity index (χ3n) is 4.08. The van der Waals surface area contributed by atoms with Gasteiger partial charge in [-0.05, 0) is 57.7 Å². The smallest absolute Gasteiger partial charge is 0.257 e. The van der Waals surface area contributed by atoms with Crippen molar-refractivity contribution in [2.75, 3.05) is 19.6 Å². The van der Waals surface area contributed by atoms with Crippen LogP contribution in [0.3, 0.4) is 0 Å². The summed E-state index contributed by atoms with van der Waals surface area (Å²) in [7, 11) is 0. The van der Waals surface area contributed by atoms with Crippen LogP contribution in [0.4, 0.5) is 0 Å². The Hall–Kier alpha value is -1.29. The van der Waals surface area contributed by atoms with E-state index in [1.807, 2.05) is 13.0 Å². The Morgan fingerprint density at radius 3 is 2.89 bits per heavy atom. The highest BCUT2D eigenvalue weighted by Crippen LogP contribution is 2.30. The number of aryl methyl sites for hydroxylation is 1. The fraction of sp³-hybridized carbons (Fsp3) is 0.667. The van der Waals surface area contributed by atoms with E-state index in [1.54, 1.807) is 6.26 Å². The number of nitrogens with one attached hydrogen (secondary N) is 1. The third kappa shape index (κ3) is 3.00. The van der Waals surface area contributed by atoms with Crippen molar-refractivity contribution < 1.29 is 9.21 Å². The van der Waals surface area contributed by atoms with Crippen LogP contribution in [-0.2, 0) is 0 Å². The fourth-order valence-electron chi connectivity index (χ4n) is 2.86. The van der Waals surface area contributed by atoms with Crippen molar-refractivity contribution >= 4 is 5.91 Å². The number of piperidine rings is 1. The third-order valence-corrected chi connectivity index (χ3v) is 4.08. The van der Waals surface area contributed by atoms with Crippen molar-refractivity contribution in [2.24, 2.45) is 5.92 Å². The molecule has 0 aromatic carbocycles. The van der Waals surface area contributed by atoms with Gasteiger partial charge >= 0.3 is 0 Å². The number of amides is 1. The van der Waals surface area contributed by atoms with Crippen molar-refractivity contribution in [3.63, 3.8) is 0 Å². The molecule has 2 fully saturated rings. The Labute approximate surface area is 114 Å². The van der Waals surface area contributed by atoms with Crippen LogP contribution in [0, 0.1) is 12.8 Å². The minimum absolute atomic E-state index is 0.143. The Morgan fingerprint density at radius 1 is 1.47 bits per heavy atom. The standard InChI is InChI=1S/C15H22N2O2/c1-11-7-13(10-19-11)15(18)17(14-4-5-14)9-12-3-2-6-16-8-12/h7,10,12,14,16H,2-6,8-9H2,1H3. The number of rotatable bonds is 4. The van der Waals surface area contributed by atoms with E-state index in [-0.39, 0.29) is 5.91 Å². The molecule has 1 aromatic rings. The molecule has 1 atom stereocenters. The molecule has 1 aliphatic carbocycles. The largest absolute Gasteiger partial charge is 0.469 e. The number of hydrogen-bond donors (Lipinski definition) is 1. The predicted octanol–water partition coefficient (Wildman–Crippen LogP) is 2.19. The zero-order valence-corrected chi connectivity index (χ0v) is 11.5. The van der Waals surface area contributed by atoms with E-state index < -0.39 is 0 Å². The lowest BCUT2D eigenvalue weighted by atomic mass is 9.98. The molecule has 1 aliphatic heterocycles. The molecule has 1 unspecified atom stereocenters. The molecular formula is C15H22N2O2. The van der Waals surface area contributed by atoms with Gasteiger partial charge < -0.3 is 14.6 Å². The number of carbonyl (C=O) groups is 1. The van der Waals surface area contributed by atoms with Crippen LogP contribution >= 0.6 is 0 Å². The molecule has 0 bridgehead atoms. The number of carbonyl (C=O) groups excluding carboxylic acids is 1. The van der Waals surface area contributed by atoms with E-state index in [0.29, 0.717) is 17.5 Å². The molecule has 104 valence electrons. The predicted molar refractivity (Wildman–Crippen MR) is 73.1 cm³/mol. The van der Waals surface area contributed by atoms with Crippen molar-refractivity contribution in [1.82, 2.24) is 10.2 Å². The van der Waals surface area contributed by atoms with E-state index in [4.69, 9.17) is 4.42 Å². The summed E-state index contributed by atoms with van der Waals surface area (Å²) in [5.74, 6) is 1.55. The van der Waals surface area contributed by atoms with Crippen LogP contribution in [0.25, 0.3) is 0 Å². The molecule has 1 amide bonds. The molecule has 2 heterocycles. The second-order valence-corrected chi connectivity index (χ2v) is 5.85. The molecule has 4 nitrogen and oxygen atoms in total. The van der Waals surface area contributed by atoms with Gasteiger partial charge in [0.1, 0.15) is 12.0 Å². The minimum atomic E-state index is 0.143. The van der Waals surface area contributed by atoms with Gasteiger partial charge in [0.2, 0.25) is 0 Å². The summed E-state index contributed by atoms with van der Waals surface area (Å²) in [5, 5.41) is 3.43. The van der Waals surface area contributed by atoms with Gasteiger partial charge in [-0.2, -0.15) is 0 Å². The van der Waals surface area contributed by atoms with E-state index in [2.05, 4.69) is 10.2 Å². The molecule has 0 radical (unpaired) electrons. The van der Waals surface area contributed by atoms with Gasteiger partial charge in [0.15, 0.2) is 0 Å². The second kappa shape index (κ2) is 5.37. The van der Waals surface area contributed by atoms with Crippen LogP contribution in [0.15, 0.2) is 16.7 Å². The van der Waals surface area contributed by atoms with E-state index in [1.165, 1.54) is 12.8 Å². The molecule has 19 heavy (non-hydrogen) atoms. The maximum absolute atomic E-state index is 12.6. The zero-order valence-electron chi connectivity index (χ0n) is 11.5. The molecule has 1 N–H and O–H groups in total. The highest BCUT2D eigenvalue weighted by molar-refractivity contribution is 5.94. The summed E-state index contributed by atoms with van der Waals surface area (Å²) in [6.07, 6.45) is 6.35. The van der Waals surface area contributed by atoms with E-state index >= 15 is 0 Å². The van der Waals surface area contributed by atoms with E-state index in [9.17, 15) is 4.79 Å². The number of furan rings is 1. The molecule has 1 saturated carbocycles. The average Bonchev–Trinajstić information content (AvgIpc) is 3.18. The van der Waals surface area contributed by atoms with Crippen molar-refractivity contribution in [3.05, 3.63) is 23.7 Å². The zero-order chi connectivity index (χ0) is 13.2. The fourth-order valence-corrected chi connectivity index (χ4v) is 2.86. The molecule has 4 heteroatoms. The van der Waals surface area contributed by atoms with Crippen molar-refractivity contribution in [3.8, 4) is 0 Å². The minimum Gasteiger partial charge on any atom is -0.469 e. The van der Waals surface area contributed by atoms with Gasteiger partial charge in [0.05, 0.1) is 5.56 Å². The first kappa shape index (κ1) is 12.7. The molecule has 3 rings (SSSR count). The first-order valence-corrected chi connectivity index (χ1v) is 7.31. The Bertz CT molecular complexity index is 445. The van der Waals surface area contributed by atoms with Crippen LogP contribution in [0.2, 0.25) is 0 Å². The lowest BCUT2D eigenvalue weighted by Gasteiger charge is -2.30. The van der Waals surface area contributed by atoms with Crippen LogP contribution in [-0.4, -0.2) is 36.5 Å². The van der Waals surface area contributed by atoms with Gasteiger partial charge in [-0.3, -0.25) is 4.79 Å². The summed E-state index contributed by atoms with van der Waals surface area (Å²) in [6, 6.07) is 2.31. The van der Waals surface area contributed by atoms with Gasteiger partial charge in [-0.25, -0.2) is 0 Å². The van der Waals surface area contributed by atoms with Gasteiger partial charge in [0, 0.05) is 12.6 Å². The number of nitrogens with zero attached hydrogens (tertiary/aromatic N) is 1. The van der Waals surface area contributed by atoms with Crippen LogP contribution < -0.4 is 5.32 Å². The maximum atomic E-state index is 12.6. The topological polar surface area (TPSA) is 45.5 Å². The van der Waals surface area contributed by atoms with E-state index in [0.717, 1.165) is 38.2 Å². The number of hydrogen-bond acceptors (Lipinski definition) is 3. The normalized spacial score (nSPS) is 23.3. The van der Waals surface area contributed by atoms with Crippen LogP contribution in [0.1, 0.15) is 41.8 Å². The summed E-state index contributed by atoms with van der Waals surface area (Å²) < 4.78 is 5.27. The molecule has 1 saturated heterocycles. The van der Waals surface area contributed by atoms with Crippen molar-refractivity contribution in [1.29, 1.82) is 0 Å². The first-order valence-electron chi connectivity index (χ1n) is 7.31. The quantitative estimate of drug-likeness (QED) is 0.904. The Morgan fingerprint density at radius 2 is 2.32 bits per heavy atom. The molecular weight excluding hydrogens is 240 g/mol. The van der Waals surface area contributed by atoms with Crippen molar-refractivity contribution in [2.45, 2.75) is 38.6 Å². The summed E-state index contributed by atoms with van der Waals surface area (Å²) in [5.41, 5.74) is 0.702. The average molecular weight is 262 g/mol. The molecule has 0 spiro atoms. The highest BCUT2D eigenvalue weighted by atomic mass is 16.3. The second-order valence-electron chi connectivity index (χ2n) is 5.85. The Kier molecular flexibility index (Phi) is 3.60. The lowest BCUT2D eigenvalue weighted by Crippen LogP contribution is -2.42. The SMILES string of the molecule is Cc1cc(C(=O)N(CC2CCCNC2)C2CC2)co1. The lowest BCUT2D eigenvalue weighted by molar-refractivity contribution is 0.0703. The Balaban J connectivity index is 1.68. The monoisotopic (exact) mass is 262 g/mol. The molecule has 2 aliphatic rings. The molecule has 1 aromatic heterocycles. The van der Waals surface area contributed by atoms with Gasteiger partial charge in [-0.1, -0.05) is 0 Å².